The highest BCUT2D eigenvalue weighted by atomic mass is 32.1. The van der Waals surface area contributed by atoms with Crippen LogP contribution in [0.4, 0.5) is 0 Å². The van der Waals surface area contributed by atoms with Crippen molar-refractivity contribution in [3.05, 3.63) is 0 Å². The number of unbranched alkanes of at least 4 members (excludes halogenated alkanes) is 1. The summed E-state index contributed by atoms with van der Waals surface area (Å²) in [6.45, 7) is 1.11. The fourth-order valence-electron chi connectivity index (χ4n) is 4.74. The van der Waals surface area contributed by atoms with Gasteiger partial charge in [0.15, 0.2) is 11.9 Å². The van der Waals surface area contributed by atoms with Crippen LogP contribution in [0.15, 0.2) is 0 Å². The standard InChI is InChI=1S/C26H50N12O6S/c27-10-2-1-6-17(36-20(39)15(28)14-45)23(42)38-13-5-9-19(38)22(41)35-16(7-3-11-33-25(29)30)21(40)37-18(24(43)44)8-4-12-34-26(31)32/h15-19,45H,1-14,27-28H2,(H,35,41)(H,36,39)(H,37,40)(H,43,44)(H4,29,30,33)(H4,31,32,34)/t15-,16-,17-,18-,19-/m0/s1. The number of nitrogens with one attached hydrogen (secondary N) is 7. The summed E-state index contributed by atoms with van der Waals surface area (Å²) in [6.07, 6.45) is 3.00. The van der Waals surface area contributed by atoms with Crippen molar-refractivity contribution in [2.75, 3.05) is 31.9 Å². The molecule has 0 aromatic rings. The Morgan fingerprint density at radius 2 is 1.40 bits per heavy atom. The summed E-state index contributed by atoms with van der Waals surface area (Å²) >= 11 is 4.04. The molecular formula is C26H50N12O6S. The number of carbonyl (C=O) groups excluding carboxylic acids is 4. The fraction of sp³-hybridized carbons (Fsp3) is 0.731. The minimum Gasteiger partial charge on any atom is -0.480 e. The van der Waals surface area contributed by atoms with Crippen LogP contribution in [-0.4, -0.2) is 114 Å². The molecule has 1 aliphatic rings. The Labute approximate surface area is 268 Å². The van der Waals surface area contributed by atoms with Crippen molar-refractivity contribution in [3.63, 3.8) is 0 Å². The van der Waals surface area contributed by atoms with Crippen LogP contribution in [0.3, 0.4) is 0 Å². The van der Waals surface area contributed by atoms with E-state index in [1.54, 1.807) is 0 Å². The lowest BCUT2D eigenvalue weighted by atomic mass is 10.1. The molecule has 16 N–H and O–H groups in total. The summed E-state index contributed by atoms with van der Waals surface area (Å²) in [5.74, 6) is -4.07. The first-order valence-corrected chi connectivity index (χ1v) is 15.6. The Morgan fingerprint density at radius 3 is 1.93 bits per heavy atom. The number of hydrogen-bond acceptors (Lipinski definition) is 10. The minimum absolute atomic E-state index is 0.0347. The van der Waals surface area contributed by atoms with Crippen LogP contribution < -0.4 is 49.5 Å². The maximum Gasteiger partial charge on any atom is 0.326 e. The summed E-state index contributed by atoms with van der Waals surface area (Å²) in [7, 11) is 0. The van der Waals surface area contributed by atoms with E-state index in [-0.39, 0.29) is 56.6 Å². The average Bonchev–Trinajstić information content (AvgIpc) is 3.48. The number of carboxylic acid groups (broad SMARTS) is 1. The minimum atomic E-state index is -1.28. The van der Waals surface area contributed by atoms with Crippen LogP contribution in [0.1, 0.15) is 57.8 Å². The number of rotatable bonds is 21. The normalized spacial score (nSPS) is 16.9. The molecule has 0 unspecified atom stereocenters. The van der Waals surface area contributed by atoms with Crippen LogP contribution in [-0.2, 0) is 24.0 Å². The van der Waals surface area contributed by atoms with Crippen molar-refractivity contribution in [1.29, 1.82) is 10.8 Å². The molecule has 5 atom stereocenters. The molecule has 0 aromatic carbocycles. The van der Waals surface area contributed by atoms with Crippen molar-refractivity contribution in [2.24, 2.45) is 22.9 Å². The molecule has 1 rings (SSSR count). The van der Waals surface area contributed by atoms with E-state index < -0.39 is 59.8 Å². The van der Waals surface area contributed by atoms with Gasteiger partial charge in [-0.3, -0.25) is 30.0 Å². The van der Waals surface area contributed by atoms with Gasteiger partial charge >= 0.3 is 5.97 Å². The predicted molar refractivity (Wildman–Crippen MR) is 171 cm³/mol. The van der Waals surface area contributed by atoms with E-state index in [0.717, 1.165) is 0 Å². The lowest BCUT2D eigenvalue weighted by molar-refractivity contribution is -0.143. The van der Waals surface area contributed by atoms with E-state index in [9.17, 15) is 29.1 Å². The molecule has 0 bridgehead atoms. The fourth-order valence-corrected chi connectivity index (χ4v) is 4.91. The van der Waals surface area contributed by atoms with Gasteiger partial charge in [-0.2, -0.15) is 12.6 Å². The van der Waals surface area contributed by atoms with E-state index in [1.165, 1.54) is 4.90 Å². The van der Waals surface area contributed by atoms with Crippen molar-refractivity contribution in [1.82, 2.24) is 31.5 Å². The van der Waals surface area contributed by atoms with Gasteiger partial charge in [0.05, 0.1) is 6.04 Å². The number of likely N-dealkylation sites (tertiary alicyclic amines) is 1. The molecule has 1 aliphatic heterocycles. The summed E-state index contributed by atoms with van der Waals surface area (Å²) in [5, 5.41) is 37.1. The number of carboxylic acids is 1. The van der Waals surface area contributed by atoms with Gasteiger partial charge in [-0.25, -0.2) is 4.79 Å². The van der Waals surface area contributed by atoms with Crippen LogP contribution in [0.5, 0.6) is 0 Å². The third-order valence-electron chi connectivity index (χ3n) is 7.15. The van der Waals surface area contributed by atoms with Crippen molar-refractivity contribution >= 4 is 54.1 Å². The van der Waals surface area contributed by atoms with Gasteiger partial charge in [0.2, 0.25) is 23.6 Å². The Hall–Kier alpha value is -3.84. The number of guanidine groups is 2. The highest BCUT2D eigenvalue weighted by Gasteiger charge is 2.39. The van der Waals surface area contributed by atoms with Gasteiger partial charge in [0.1, 0.15) is 24.2 Å². The Bertz CT molecular complexity index is 1030. The van der Waals surface area contributed by atoms with Gasteiger partial charge in [0.25, 0.3) is 0 Å². The van der Waals surface area contributed by atoms with E-state index in [4.69, 9.17) is 33.8 Å². The quantitative estimate of drug-likeness (QED) is 0.0246. The number of nitrogens with zero attached hydrogens (tertiary/aromatic N) is 1. The molecular weight excluding hydrogens is 608 g/mol. The number of hydrogen-bond donors (Lipinski definition) is 13. The number of nitrogens with two attached hydrogens (primary N) is 4. The van der Waals surface area contributed by atoms with Crippen molar-refractivity contribution in [3.8, 4) is 0 Å². The maximum atomic E-state index is 13.6. The van der Waals surface area contributed by atoms with Gasteiger partial charge < -0.3 is 59.5 Å². The molecule has 45 heavy (non-hydrogen) atoms. The third kappa shape index (κ3) is 14.7. The molecule has 0 aromatic heterocycles. The monoisotopic (exact) mass is 658 g/mol. The smallest absolute Gasteiger partial charge is 0.326 e. The molecule has 0 aliphatic carbocycles. The van der Waals surface area contributed by atoms with E-state index in [2.05, 4.69) is 39.2 Å². The zero-order valence-electron chi connectivity index (χ0n) is 25.5. The first-order chi connectivity index (χ1) is 21.3. The number of thiol groups is 1. The summed E-state index contributed by atoms with van der Waals surface area (Å²) in [6, 6.07) is -5.22. The topological polar surface area (TPSA) is 321 Å². The van der Waals surface area contributed by atoms with Gasteiger partial charge in [-0.1, -0.05) is 0 Å². The second-order valence-corrected chi connectivity index (χ2v) is 11.1. The largest absolute Gasteiger partial charge is 0.480 e. The molecule has 0 saturated carbocycles. The van der Waals surface area contributed by atoms with Crippen molar-refractivity contribution < 1.29 is 29.1 Å². The van der Waals surface area contributed by atoms with E-state index in [1.807, 2.05) is 0 Å². The second kappa shape index (κ2) is 21.0. The number of aliphatic carboxylic acids is 1. The molecule has 1 heterocycles. The molecule has 19 heteroatoms. The number of amides is 4. The van der Waals surface area contributed by atoms with Crippen LogP contribution in [0, 0.1) is 10.8 Å². The molecule has 0 radical (unpaired) electrons. The maximum absolute atomic E-state index is 13.6. The molecule has 4 amide bonds. The third-order valence-corrected chi connectivity index (χ3v) is 7.54. The SMILES string of the molecule is N=C(N)NCCC[C@H](NC(=O)[C@H](CCCNC(=N)N)NC(=O)[C@@H]1CCCN1C(=O)[C@H](CCCCN)NC(=O)[C@@H](N)CS)C(=O)O. The van der Waals surface area contributed by atoms with Gasteiger partial charge in [0, 0.05) is 25.4 Å². The van der Waals surface area contributed by atoms with Crippen LogP contribution in [0.25, 0.3) is 0 Å². The zero-order chi connectivity index (χ0) is 33.9. The molecule has 18 nitrogen and oxygen atoms in total. The lowest BCUT2D eigenvalue weighted by Gasteiger charge is -2.30. The molecule has 256 valence electrons. The highest BCUT2D eigenvalue weighted by molar-refractivity contribution is 7.80. The predicted octanol–water partition coefficient (Wildman–Crippen LogP) is -3.57. The average molecular weight is 659 g/mol. The van der Waals surface area contributed by atoms with E-state index >= 15 is 0 Å². The lowest BCUT2D eigenvalue weighted by Crippen LogP contribution is -2.58. The highest BCUT2D eigenvalue weighted by Crippen LogP contribution is 2.20. The summed E-state index contributed by atoms with van der Waals surface area (Å²) in [4.78, 5) is 66.1. The van der Waals surface area contributed by atoms with Crippen LogP contribution >= 0.6 is 12.6 Å². The molecule has 0 spiro atoms. The Balaban J connectivity index is 3.07. The van der Waals surface area contributed by atoms with Gasteiger partial charge in [-0.05, 0) is 64.3 Å². The van der Waals surface area contributed by atoms with Crippen LogP contribution in [0.2, 0.25) is 0 Å². The number of carbonyl (C=O) groups is 5. The second-order valence-electron chi connectivity index (χ2n) is 10.8. The molecule has 1 fully saturated rings. The zero-order valence-corrected chi connectivity index (χ0v) is 26.4. The van der Waals surface area contributed by atoms with Gasteiger partial charge in [-0.15, -0.1) is 0 Å². The summed E-state index contributed by atoms with van der Waals surface area (Å²) in [5.41, 5.74) is 21.9. The van der Waals surface area contributed by atoms with Crippen molar-refractivity contribution in [2.45, 2.75) is 88.0 Å². The summed E-state index contributed by atoms with van der Waals surface area (Å²) < 4.78 is 0. The first-order valence-electron chi connectivity index (χ1n) is 15.0. The Kier molecular flexibility index (Phi) is 18.3. The van der Waals surface area contributed by atoms with E-state index in [0.29, 0.717) is 45.1 Å². The Morgan fingerprint density at radius 1 is 0.844 bits per heavy atom. The first kappa shape index (κ1) is 39.2. The molecule has 1 saturated heterocycles.